The summed E-state index contributed by atoms with van der Waals surface area (Å²) in [6.07, 6.45) is 0.686. The van der Waals surface area contributed by atoms with Crippen molar-refractivity contribution >= 4 is 11.8 Å². The fraction of sp³-hybridized carbons (Fsp3) is 0.364. The number of nitrogens with two attached hydrogens (primary N) is 1. The Bertz CT molecular complexity index is 756. The normalized spacial score (nSPS) is 13.1. The second kappa shape index (κ2) is 12.0. The fourth-order valence-corrected chi connectivity index (χ4v) is 2.77. The maximum Gasteiger partial charge on any atom is 0.345 e. The summed E-state index contributed by atoms with van der Waals surface area (Å²) in [5.74, 6) is -2.29. The molecule has 2 aromatic carbocycles. The van der Waals surface area contributed by atoms with Gasteiger partial charge >= 0.3 is 12.6 Å². The number of hydrogen-bond acceptors (Lipinski definition) is 5. The number of benzene rings is 2. The molecule has 0 heterocycles. The average Bonchev–Trinajstić information content (AvgIpc) is 2.74. The van der Waals surface area contributed by atoms with Crippen LogP contribution in [-0.4, -0.2) is 31.0 Å². The van der Waals surface area contributed by atoms with Crippen LogP contribution in [0.5, 0.6) is 0 Å². The van der Waals surface area contributed by atoms with Crippen molar-refractivity contribution in [3.05, 3.63) is 71.8 Å². The number of halogens is 2. The number of hydrogen-bond donors (Lipinski definition) is 1. The molecule has 7 heteroatoms. The minimum absolute atomic E-state index is 0.0148. The van der Waals surface area contributed by atoms with Crippen molar-refractivity contribution < 1.29 is 27.8 Å². The first-order chi connectivity index (χ1) is 14.0. The van der Waals surface area contributed by atoms with Crippen molar-refractivity contribution in [2.24, 2.45) is 11.7 Å². The van der Waals surface area contributed by atoms with Crippen molar-refractivity contribution in [1.82, 2.24) is 0 Å². The third-order valence-corrected chi connectivity index (χ3v) is 4.43. The molecule has 2 rings (SSSR count). The van der Waals surface area contributed by atoms with Gasteiger partial charge in [0.1, 0.15) is 12.4 Å². The third kappa shape index (κ3) is 8.50. The Morgan fingerprint density at radius 2 is 1.52 bits per heavy atom. The zero-order valence-electron chi connectivity index (χ0n) is 16.0. The Kier molecular flexibility index (Phi) is 9.40. The van der Waals surface area contributed by atoms with Gasteiger partial charge in [-0.3, -0.25) is 9.59 Å². The molecule has 2 N–H and O–H groups in total. The summed E-state index contributed by atoms with van der Waals surface area (Å²) in [7, 11) is 0. The fourth-order valence-electron chi connectivity index (χ4n) is 2.77. The first-order valence-electron chi connectivity index (χ1n) is 9.38. The molecule has 0 saturated carbocycles. The van der Waals surface area contributed by atoms with Crippen LogP contribution in [0.1, 0.15) is 24.0 Å². The van der Waals surface area contributed by atoms with Crippen molar-refractivity contribution in [1.29, 1.82) is 0 Å². The van der Waals surface area contributed by atoms with Gasteiger partial charge in [-0.15, -0.1) is 0 Å². The third-order valence-electron chi connectivity index (χ3n) is 4.43. The van der Waals surface area contributed by atoms with E-state index in [1.807, 2.05) is 36.4 Å². The maximum absolute atomic E-state index is 12.4. The van der Waals surface area contributed by atoms with E-state index in [1.54, 1.807) is 24.3 Å². The number of ether oxygens (including phenoxy) is 2. The number of ketones is 1. The van der Waals surface area contributed by atoms with Gasteiger partial charge in [0.05, 0.1) is 18.6 Å². The molecule has 0 fully saturated rings. The lowest BCUT2D eigenvalue weighted by molar-refractivity contribution is -0.166. The van der Waals surface area contributed by atoms with E-state index in [1.165, 1.54) is 0 Å². The molecule has 0 aliphatic carbocycles. The van der Waals surface area contributed by atoms with E-state index in [4.69, 9.17) is 10.5 Å². The number of rotatable bonds is 12. The van der Waals surface area contributed by atoms with Gasteiger partial charge in [-0.05, 0) is 24.0 Å². The minimum Gasteiger partial charge on any atom is -0.461 e. The van der Waals surface area contributed by atoms with Gasteiger partial charge in [-0.2, -0.15) is 8.78 Å². The summed E-state index contributed by atoms with van der Waals surface area (Å²) >= 11 is 0. The van der Waals surface area contributed by atoms with Crippen molar-refractivity contribution in [3.63, 3.8) is 0 Å². The first kappa shape index (κ1) is 22.6. The van der Waals surface area contributed by atoms with E-state index in [0.29, 0.717) is 12.8 Å². The van der Waals surface area contributed by atoms with Crippen LogP contribution < -0.4 is 5.73 Å². The predicted octanol–water partition coefficient (Wildman–Crippen LogP) is 3.50. The molecule has 0 amide bonds. The van der Waals surface area contributed by atoms with Crippen LogP contribution in [-0.2, 0) is 32.1 Å². The van der Waals surface area contributed by atoms with Crippen molar-refractivity contribution in [2.45, 2.75) is 38.5 Å². The number of carbonyl (C=O) groups excluding carboxylic acids is 2. The smallest absolute Gasteiger partial charge is 0.345 e. The van der Waals surface area contributed by atoms with Crippen LogP contribution in [0.2, 0.25) is 0 Å². The van der Waals surface area contributed by atoms with Crippen LogP contribution in [0.25, 0.3) is 0 Å². The van der Waals surface area contributed by atoms with Gasteiger partial charge in [0.25, 0.3) is 0 Å². The molecule has 0 aliphatic rings. The van der Waals surface area contributed by atoms with Crippen molar-refractivity contribution in [2.75, 3.05) is 6.61 Å². The Hall–Kier alpha value is -2.64. The number of esters is 1. The van der Waals surface area contributed by atoms with Crippen LogP contribution >= 0.6 is 0 Å². The lowest BCUT2D eigenvalue weighted by Crippen LogP contribution is -2.35. The highest BCUT2D eigenvalue weighted by molar-refractivity contribution is 5.88. The molecule has 5 nitrogen and oxygen atoms in total. The van der Waals surface area contributed by atoms with Gasteiger partial charge in [0.15, 0.2) is 0 Å². The van der Waals surface area contributed by atoms with Gasteiger partial charge in [0.2, 0.25) is 0 Å². The topological polar surface area (TPSA) is 78.6 Å². The van der Waals surface area contributed by atoms with Gasteiger partial charge in [0, 0.05) is 6.42 Å². The quantitative estimate of drug-likeness (QED) is 0.547. The van der Waals surface area contributed by atoms with Gasteiger partial charge < -0.3 is 15.2 Å². The van der Waals surface area contributed by atoms with Crippen LogP contribution in [0.15, 0.2) is 60.7 Å². The molecule has 0 unspecified atom stereocenters. The molecular weight excluding hydrogens is 380 g/mol. The van der Waals surface area contributed by atoms with E-state index < -0.39 is 31.1 Å². The second-order valence-corrected chi connectivity index (χ2v) is 6.69. The Morgan fingerprint density at radius 1 is 0.931 bits per heavy atom. The average molecular weight is 405 g/mol. The number of carbonyl (C=O) groups is 2. The lowest BCUT2D eigenvalue weighted by atomic mass is 9.96. The highest BCUT2D eigenvalue weighted by Crippen LogP contribution is 2.14. The standard InChI is InChI=1S/C22H25F2NO4/c23-22(24)29-15-18(21(27)28-14-17-9-5-2-6-10-17)13-20(26)19(25)12-11-16-7-3-1-4-8-16/h1-10,18-19,22H,11-15,25H2/t18-,19-/m0/s1. The van der Waals surface area contributed by atoms with Gasteiger partial charge in [-0.1, -0.05) is 60.7 Å². The highest BCUT2D eigenvalue weighted by atomic mass is 19.3. The number of alkyl halides is 2. The summed E-state index contributed by atoms with van der Waals surface area (Å²) in [6.45, 7) is -3.66. The van der Waals surface area contributed by atoms with E-state index in [-0.39, 0.29) is 18.8 Å². The molecule has 0 saturated heterocycles. The molecule has 2 aromatic rings. The molecule has 0 spiro atoms. The summed E-state index contributed by atoms with van der Waals surface area (Å²) in [4.78, 5) is 24.7. The van der Waals surface area contributed by atoms with E-state index in [9.17, 15) is 18.4 Å². The minimum atomic E-state index is -3.04. The predicted molar refractivity (Wildman–Crippen MR) is 104 cm³/mol. The molecule has 0 aliphatic heterocycles. The van der Waals surface area contributed by atoms with Gasteiger partial charge in [-0.25, -0.2) is 0 Å². The summed E-state index contributed by atoms with van der Waals surface area (Å²) in [5.41, 5.74) is 7.73. The van der Waals surface area contributed by atoms with E-state index in [0.717, 1.165) is 11.1 Å². The summed E-state index contributed by atoms with van der Waals surface area (Å²) in [6, 6.07) is 17.7. The summed E-state index contributed by atoms with van der Waals surface area (Å²) in [5, 5.41) is 0. The highest BCUT2D eigenvalue weighted by Gasteiger charge is 2.27. The second-order valence-electron chi connectivity index (χ2n) is 6.69. The monoisotopic (exact) mass is 405 g/mol. The zero-order valence-corrected chi connectivity index (χ0v) is 16.0. The molecule has 0 aromatic heterocycles. The SMILES string of the molecule is N[C@@H](CCc1ccccc1)C(=O)C[C@@H](COC(F)F)C(=O)OCc1ccccc1. The largest absolute Gasteiger partial charge is 0.461 e. The molecular formula is C22H25F2NO4. The van der Waals surface area contributed by atoms with Crippen LogP contribution in [0.3, 0.4) is 0 Å². The van der Waals surface area contributed by atoms with E-state index in [2.05, 4.69) is 4.74 Å². The summed E-state index contributed by atoms with van der Waals surface area (Å²) < 4.78 is 34.3. The Morgan fingerprint density at radius 3 is 2.10 bits per heavy atom. The maximum atomic E-state index is 12.4. The number of Topliss-reactive ketones (excluding diaryl/α,β-unsaturated/α-hetero) is 1. The van der Waals surface area contributed by atoms with Crippen molar-refractivity contribution in [3.8, 4) is 0 Å². The van der Waals surface area contributed by atoms with Crippen LogP contribution in [0.4, 0.5) is 8.78 Å². The Balaban J connectivity index is 1.89. The number of aryl methyl sites for hydroxylation is 1. The van der Waals surface area contributed by atoms with E-state index >= 15 is 0 Å². The first-order valence-corrected chi connectivity index (χ1v) is 9.38. The molecule has 2 atom stereocenters. The molecule has 0 radical (unpaired) electrons. The molecule has 0 bridgehead atoms. The molecule has 156 valence electrons. The molecule has 29 heavy (non-hydrogen) atoms. The lowest BCUT2D eigenvalue weighted by Gasteiger charge is -2.18. The van der Waals surface area contributed by atoms with Crippen LogP contribution in [0, 0.1) is 5.92 Å². The Labute approximate surface area is 168 Å². The zero-order chi connectivity index (χ0) is 21.1.